The van der Waals surface area contributed by atoms with E-state index in [0.717, 1.165) is 5.56 Å². The molecule has 0 spiro atoms. The lowest BCUT2D eigenvalue weighted by Gasteiger charge is -2.35. The number of hydrogen-bond acceptors (Lipinski definition) is 15. The van der Waals surface area contributed by atoms with Crippen LogP contribution in [0.15, 0.2) is 48.5 Å². The number of primary amides is 1. The van der Waals surface area contributed by atoms with Crippen molar-refractivity contribution >= 4 is 58.9 Å². The summed E-state index contributed by atoms with van der Waals surface area (Å²) in [5.74, 6) is -9.06. The summed E-state index contributed by atoms with van der Waals surface area (Å²) < 4.78 is 0. The fraction of sp³-hybridized carbons (Fsp3) is 0.577. The van der Waals surface area contributed by atoms with Crippen molar-refractivity contribution in [2.45, 2.75) is 104 Å². The minimum absolute atomic E-state index is 0.0204. The Morgan fingerprint density at radius 1 is 0.622 bits per heavy atom. The zero-order valence-corrected chi connectivity index (χ0v) is 42.7. The first kappa shape index (κ1) is 61.7. The summed E-state index contributed by atoms with van der Waals surface area (Å²) in [6, 6.07) is 11.2. The molecule has 1 heterocycles. The fourth-order valence-corrected chi connectivity index (χ4v) is 8.82. The van der Waals surface area contributed by atoms with Gasteiger partial charge < -0.3 is 46.7 Å². The number of aliphatic carboxylic acids is 4. The first-order valence-electron chi connectivity index (χ1n) is 25.1. The lowest BCUT2D eigenvalue weighted by molar-refractivity contribution is -0.145. The maximum absolute atomic E-state index is 13.9. The highest BCUT2D eigenvalue weighted by molar-refractivity contribution is 5.94. The predicted octanol–water partition coefficient (Wildman–Crippen LogP) is 1.43. The third-order valence-corrected chi connectivity index (χ3v) is 13.3. The number of aromatic hydroxyl groups is 1. The minimum atomic E-state index is -1.20. The van der Waals surface area contributed by atoms with Gasteiger partial charge in [-0.1, -0.05) is 56.7 Å². The number of Topliss-reactive ketones (excluding diaryl/α,β-unsaturated/α-hetero) is 3. The summed E-state index contributed by atoms with van der Waals surface area (Å²) in [6.07, 6.45) is 0.428. The Labute approximate surface area is 431 Å². The molecule has 1 aliphatic heterocycles. The van der Waals surface area contributed by atoms with Crippen molar-refractivity contribution in [1.82, 2.24) is 30.2 Å². The quantitative estimate of drug-likeness (QED) is 0.0529. The highest BCUT2D eigenvalue weighted by atomic mass is 16.4. The number of benzene rings is 2. The molecule has 3 amide bonds. The lowest BCUT2D eigenvalue weighted by Crippen LogP contribution is -2.51. The number of hydrogen-bond donors (Lipinski definition) is 8. The Morgan fingerprint density at radius 2 is 1.12 bits per heavy atom. The number of nitrogens with one attached hydrogen (secondary N) is 2. The van der Waals surface area contributed by atoms with E-state index in [2.05, 4.69) is 10.6 Å². The van der Waals surface area contributed by atoms with Crippen LogP contribution in [0.5, 0.6) is 5.75 Å². The average Bonchev–Trinajstić information content (AvgIpc) is 3.33. The molecule has 1 fully saturated rings. The lowest BCUT2D eigenvalue weighted by atomic mass is 9.86. The van der Waals surface area contributed by atoms with Gasteiger partial charge in [-0.3, -0.25) is 62.8 Å². The van der Waals surface area contributed by atoms with Gasteiger partial charge in [-0.05, 0) is 67.3 Å². The number of nitrogens with zero attached hydrogens (tertiary/aromatic N) is 4. The molecule has 9 N–H and O–H groups in total. The second-order valence-corrected chi connectivity index (χ2v) is 19.2. The number of aryl methyl sites for hydroxylation is 1. The topological polar surface area (TPSA) is 335 Å². The van der Waals surface area contributed by atoms with Crippen molar-refractivity contribution in [3.05, 3.63) is 65.2 Å². The molecule has 0 bridgehead atoms. The number of phenolic OH excluding ortho intramolecular Hbond substituents is 1. The zero-order valence-electron chi connectivity index (χ0n) is 42.7. The van der Waals surface area contributed by atoms with E-state index in [0.29, 0.717) is 24.0 Å². The highest BCUT2D eigenvalue weighted by Crippen LogP contribution is 2.22. The van der Waals surface area contributed by atoms with Crippen molar-refractivity contribution in [3.63, 3.8) is 0 Å². The summed E-state index contributed by atoms with van der Waals surface area (Å²) in [6.45, 7) is 5.14. The molecule has 0 aliphatic carbocycles. The largest absolute Gasteiger partial charge is 0.508 e. The summed E-state index contributed by atoms with van der Waals surface area (Å²) in [7, 11) is 0. The monoisotopic (exact) mass is 1040 g/mol. The highest BCUT2D eigenvalue weighted by Gasteiger charge is 2.33. The Kier molecular flexibility index (Phi) is 26.6. The van der Waals surface area contributed by atoms with E-state index in [1.165, 1.54) is 19.1 Å². The van der Waals surface area contributed by atoms with Crippen LogP contribution >= 0.6 is 0 Å². The molecule has 1 aliphatic rings. The van der Waals surface area contributed by atoms with Gasteiger partial charge in [0.15, 0.2) is 5.78 Å². The summed E-state index contributed by atoms with van der Waals surface area (Å²) in [5.41, 5.74) is 7.63. The van der Waals surface area contributed by atoms with E-state index in [1.807, 2.05) is 6.92 Å². The number of carboxylic acid groups (broad SMARTS) is 4. The van der Waals surface area contributed by atoms with Crippen LogP contribution < -0.4 is 16.4 Å². The van der Waals surface area contributed by atoms with Crippen LogP contribution in [0.1, 0.15) is 88.8 Å². The third kappa shape index (κ3) is 23.5. The Hall–Kier alpha value is -6.62. The molecule has 0 radical (unpaired) electrons. The maximum atomic E-state index is 13.9. The van der Waals surface area contributed by atoms with Gasteiger partial charge in [0.2, 0.25) is 17.7 Å². The second kappa shape index (κ2) is 31.9. The zero-order chi connectivity index (χ0) is 54.9. The van der Waals surface area contributed by atoms with Crippen LogP contribution in [-0.4, -0.2) is 188 Å². The van der Waals surface area contributed by atoms with Crippen LogP contribution in [0.25, 0.3) is 0 Å². The number of ketones is 3. The molecule has 2 aromatic rings. The second-order valence-electron chi connectivity index (χ2n) is 19.2. The minimum Gasteiger partial charge on any atom is -0.508 e. The average molecular weight is 1040 g/mol. The number of carbonyl (C=O) groups excluding carboxylic acids is 6. The predicted molar refractivity (Wildman–Crippen MR) is 270 cm³/mol. The summed E-state index contributed by atoms with van der Waals surface area (Å²) in [4.78, 5) is 132. The van der Waals surface area contributed by atoms with Crippen molar-refractivity contribution in [1.29, 1.82) is 0 Å². The van der Waals surface area contributed by atoms with E-state index in [4.69, 9.17) is 5.73 Å². The van der Waals surface area contributed by atoms with E-state index >= 15 is 0 Å². The molecule has 3 rings (SSSR count). The van der Waals surface area contributed by atoms with Gasteiger partial charge in [0.25, 0.3) is 0 Å². The van der Waals surface area contributed by atoms with Crippen LogP contribution in [-0.2, 0) is 67.3 Å². The van der Waals surface area contributed by atoms with Crippen LogP contribution in [0, 0.1) is 17.8 Å². The van der Waals surface area contributed by atoms with Crippen molar-refractivity contribution in [2.24, 2.45) is 23.5 Å². The molecule has 408 valence electrons. The normalized spacial score (nSPS) is 16.5. The van der Waals surface area contributed by atoms with E-state index in [9.17, 15) is 73.5 Å². The van der Waals surface area contributed by atoms with Crippen molar-refractivity contribution in [2.75, 3.05) is 72.0 Å². The van der Waals surface area contributed by atoms with Crippen LogP contribution in [0.3, 0.4) is 0 Å². The van der Waals surface area contributed by atoms with E-state index < -0.39 is 71.3 Å². The smallest absolute Gasteiger partial charge is 0.320 e. The molecular formula is C52H75N7O15. The molecule has 22 nitrogen and oxygen atoms in total. The van der Waals surface area contributed by atoms with Crippen molar-refractivity contribution < 1.29 is 73.5 Å². The molecule has 22 heteroatoms. The molecule has 0 aromatic heterocycles. The first-order valence-corrected chi connectivity index (χ1v) is 25.1. The number of carboxylic acids is 4. The van der Waals surface area contributed by atoms with Gasteiger partial charge in [0.1, 0.15) is 23.4 Å². The van der Waals surface area contributed by atoms with Gasteiger partial charge in [0.05, 0.1) is 25.7 Å². The Balaban J connectivity index is 1.63. The molecule has 2 unspecified atom stereocenters. The van der Waals surface area contributed by atoms with E-state index in [-0.39, 0.29) is 153 Å². The van der Waals surface area contributed by atoms with Gasteiger partial charge in [0, 0.05) is 103 Å². The number of amides is 3. The molecule has 1 saturated heterocycles. The molecule has 5 atom stereocenters. The molecule has 0 saturated carbocycles. The van der Waals surface area contributed by atoms with E-state index in [1.54, 1.807) is 62.9 Å². The molecular weight excluding hydrogens is 963 g/mol. The first-order chi connectivity index (χ1) is 35.0. The SMILES string of the molecule is CCC(C)[C@H](NC(=O)[C@@H](CC(C)=O)Cc1ccc(O)cc1)C(=O)C[C@@H](CCC(N)=O)C(=O)NCc1ccc(CCC(=O)CCC(C(=O)O)N2CCN(CC(=O)O)CCN(CC(=O)O)CCN(CC(=O)O)CC2)cc1. The van der Waals surface area contributed by atoms with Gasteiger partial charge in [-0.2, -0.15) is 0 Å². The molecule has 2 aromatic carbocycles. The Bertz CT molecular complexity index is 2190. The number of rotatable bonds is 31. The van der Waals surface area contributed by atoms with Gasteiger partial charge in [-0.25, -0.2) is 0 Å². The van der Waals surface area contributed by atoms with Gasteiger partial charge in [-0.15, -0.1) is 0 Å². The number of carbonyl (C=O) groups is 10. The molecule has 74 heavy (non-hydrogen) atoms. The van der Waals surface area contributed by atoms with Crippen LogP contribution in [0.4, 0.5) is 0 Å². The summed E-state index contributed by atoms with van der Waals surface area (Å²) in [5, 5.41) is 54.2. The van der Waals surface area contributed by atoms with Crippen molar-refractivity contribution in [3.8, 4) is 5.75 Å². The van der Waals surface area contributed by atoms with Gasteiger partial charge >= 0.3 is 23.9 Å². The number of phenols is 1. The van der Waals surface area contributed by atoms with Crippen LogP contribution in [0.2, 0.25) is 0 Å². The third-order valence-electron chi connectivity index (χ3n) is 13.3. The standard InChI is InChI=1S/C52H75N7O15/c1-4-34(2)49(55-51(72)40(27-35(3)60)28-37-10-14-41(61)15-11-37)44(63)29-39(12-18-45(53)64)50(71)54-30-38-7-5-36(6-8-38)9-13-42(62)16-17-43(52(73)74)59-25-23-57(32-47(67)68)21-19-56(31-46(65)66)20-22-58(24-26-59)33-48(69)70/h5-8,10-11,14-15,34,39-40,43,49,61H,4,9,12-13,16-33H2,1-3H3,(H2,53,64)(H,54,71)(H,55,72)(H,65,66)(H,67,68)(H,69,70)(H,73,74)/t34?,39-,40+,43?,49+/m1/s1. The number of nitrogens with two attached hydrogens (primary N) is 1. The summed E-state index contributed by atoms with van der Waals surface area (Å²) >= 11 is 0. The fourth-order valence-electron chi connectivity index (χ4n) is 8.82. The Morgan fingerprint density at radius 3 is 1.59 bits per heavy atom. The maximum Gasteiger partial charge on any atom is 0.320 e.